The fourth-order valence-electron chi connectivity index (χ4n) is 3.48. The first-order chi connectivity index (χ1) is 14.3. The van der Waals surface area contributed by atoms with Gasteiger partial charge in [-0.05, 0) is 17.7 Å². The average molecular weight is 391 g/mol. The number of anilines is 1. The molecule has 1 saturated heterocycles. The van der Waals surface area contributed by atoms with Gasteiger partial charge in [0.25, 0.3) is 5.91 Å². The molecule has 2 aromatic heterocycles. The maximum absolute atomic E-state index is 12.8. The summed E-state index contributed by atoms with van der Waals surface area (Å²) in [4.78, 5) is 23.8. The van der Waals surface area contributed by atoms with Crippen LogP contribution in [0.1, 0.15) is 21.7 Å². The molecule has 1 aliphatic rings. The van der Waals surface area contributed by atoms with E-state index in [4.69, 9.17) is 4.74 Å². The van der Waals surface area contributed by atoms with Crippen LogP contribution in [-0.4, -0.2) is 53.3 Å². The molecule has 0 atom stereocenters. The first kappa shape index (κ1) is 19.1. The zero-order valence-electron chi connectivity index (χ0n) is 16.3. The molecule has 1 aromatic carbocycles. The summed E-state index contributed by atoms with van der Waals surface area (Å²) in [5.41, 5.74) is 1.82. The molecule has 0 unspecified atom stereocenters. The van der Waals surface area contributed by atoms with Gasteiger partial charge in [0.2, 0.25) is 0 Å². The number of morpholine rings is 1. The van der Waals surface area contributed by atoms with Gasteiger partial charge in [-0.15, -0.1) is 0 Å². The molecule has 0 spiro atoms. The minimum absolute atomic E-state index is 0.110. The number of hydrogen-bond acceptors (Lipinski definition) is 5. The SMILES string of the molecule is O=C(NCCc1nccn1Cc1ccccc1)c1cccnc1N1CCOCC1. The first-order valence-electron chi connectivity index (χ1n) is 9.91. The molecule has 3 heterocycles. The summed E-state index contributed by atoms with van der Waals surface area (Å²) < 4.78 is 7.52. The van der Waals surface area contributed by atoms with Crippen LogP contribution in [0.2, 0.25) is 0 Å². The van der Waals surface area contributed by atoms with Crippen LogP contribution in [0.25, 0.3) is 0 Å². The highest BCUT2D eigenvalue weighted by atomic mass is 16.5. The number of carbonyl (C=O) groups is 1. The second-order valence-corrected chi connectivity index (χ2v) is 6.94. The Morgan fingerprint density at radius 2 is 1.86 bits per heavy atom. The Kier molecular flexibility index (Phi) is 6.16. The number of rotatable bonds is 7. The Labute approximate surface area is 170 Å². The molecule has 7 heteroatoms. The predicted octanol–water partition coefficient (Wildman–Crippen LogP) is 2.14. The number of amides is 1. The van der Waals surface area contributed by atoms with Gasteiger partial charge in [-0.3, -0.25) is 4.79 Å². The lowest BCUT2D eigenvalue weighted by Crippen LogP contribution is -2.38. The van der Waals surface area contributed by atoms with Crippen LogP contribution in [0, 0.1) is 0 Å². The Morgan fingerprint density at radius 1 is 1.03 bits per heavy atom. The molecule has 3 aromatic rings. The number of pyridine rings is 1. The number of benzene rings is 1. The van der Waals surface area contributed by atoms with Crippen molar-refractivity contribution in [2.45, 2.75) is 13.0 Å². The Morgan fingerprint density at radius 3 is 2.69 bits per heavy atom. The van der Waals surface area contributed by atoms with E-state index in [1.54, 1.807) is 18.5 Å². The van der Waals surface area contributed by atoms with E-state index in [2.05, 4.69) is 36.9 Å². The van der Waals surface area contributed by atoms with Crippen molar-refractivity contribution in [2.75, 3.05) is 37.7 Å². The third-order valence-corrected chi connectivity index (χ3v) is 4.97. The van der Waals surface area contributed by atoms with E-state index >= 15 is 0 Å². The maximum atomic E-state index is 12.8. The van der Waals surface area contributed by atoms with Gasteiger partial charge in [-0.2, -0.15) is 0 Å². The van der Waals surface area contributed by atoms with Gasteiger partial charge < -0.3 is 19.5 Å². The molecule has 150 valence electrons. The smallest absolute Gasteiger partial charge is 0.255 e. The van der Waals surface area contributed by atoms with Crippen LogP contribution in [0.3, 0.4) is 0 Å². The van der Waals surface area contributed by atoms with Crippen LogP contribution in [0.4, 0.5) is 5.82 Å². The average Bonchev–Trinajstić information content (AvgIpc) is 3.22. The van der Waals surface area contributed by atoms with E-state index in [0.29, 0.717) is 31.7 Å². The summed E-state index contributed by atoms with van der Waals surface area (Å²) in [6.45, 7) is 4.09. The zero-order chi connectivity index (χ0) is 19.9. The quantitative estimate of drug-likeness (QED) is 0.668. The van der Waals surface area contributed by atoms with Crippen molar-refractivity contribution in [1.29, 1.82) is 0 Å². The molecule has 7 nitrogen and oxygen atoms in total. The van der Waals surface area contributed by atoms with Gasteiger partial charge in [0, 0.05) is 51.2 Å². The number of imidazole rings is 1. The van der Waals surface area contributed by atoms with Gasteiger partial charge in [-0.1, -0.05) is 30.3 Å². The topological polar surface area (TPSA) is 72.3 Å². The second-order valence-electron chi connectivity index (χ2n) is 6.94. The van der Waals surface area contributed by atoms with Gasteiger partial charge >= 0.3 is 0 Å². The summed E-state index contributed by atoms with van der Waals surface area (Å²) in [7, 11) is 0. The van der Waals surface area contributed by atoms with E-state index in [1.165, 1.54) is 5.56 Å². The predicted molar refractivity (Wildman–Crippen MR) is 111 cm³/mol. The van der Waals surface area contributed by atoms with Crippen molar-refractivity contribution in [3.63, 3.8) is 0 Å². The standard InChI is InChI=1S/C22H25N5O2/c28-22(19-7-4-9-24-21(19)26-13-15-29-16-14-26)25-10-8-20-23-11-12-27(20)17-18-5-2-1-3-6-18/h1-7,9,11-12H,8,10,13-17H2,(H,25,28). The maximum Gasteiger partial charge on any atom is 0.255 e. The highest BCUT2D eigenvalue weighted by molar-refractivity contribution is 5.98. The fourth-order valence-corrected chi connectivity index (χ4v) is 3.48. The van der Waals surface area contributed by atoms with Crippen LogP contribution in [-0.2, 0) is 17.7 Å². The van der Waals surface area contributed by atoms with Gasteiger partial charge in [0.05, 0.1) is 18.8 Å². The lowest BCUT2D eigenvalue weighted by Gasteiger charge is -2.29. The molecule has 29 heavy (non-hydrogen) atoms. The summed E-state index contributed by atoms with van der Waals surface area (Å²) in [6, 6.07) is 13.9. The molecule has 0 radical (unpaired) electrons. The lowest BCUT2D eigenvalue weighted by molar-refractivity contribution is 0.0952. The van der Waals surface area contributed by atoms with Crippen molar-refractivity contribution in [2.24, 2.45) is 0 Å². The second kappa shape index (κ2) is 9.34. The molecule has 1 N–H and O–H groups in total. The lowest BCUT2D eigenvalue weighted by atomic mass is 10.2. The van der Waals surface area contributed by atoms with E-state index < -0.39 is 0 Å². The summed E-state index contributed by atoms with van der Waals surface area (Å²) in [5, 5.41) is 3.02. The Balaban J connectivity index is 1.36. The molecule has 0 saturated carbocycles. The molecular formula is C22H25N5O2. The van der Waals surface area contributed by atoms with Crippen molar-refractivity contribution < 1.29 is 9.53 Å². The Hall–Kier alpha value is -3.19. The van der Waals surface area contributed by atoms with E-state index in [9.17, 15) is 4.79 Å². The van der Waals surface area contributed by atoms with Gasteiger partial charge in [0.1, 0.15) is 11.6 Å². The van der Waals surface area contributed by atoms with Crippen molar-refractivity contribution in [1.82, 2.24) is 19.9 Å². The first-order valence-corrected chi connectivity index (χ1v) is 9.91. The summed E-state index contributed by atoms with van der Waals surface area (Å²) >= 11 is 0. The van der Waals surface area contributed by atoms with Crippen LogP contribution in [0.5, 0.6) is 0 Å². The molecule has 0 aliphatic carbocycles. The molecule has 1 fully saturated rings. The molecule has 0 bridgehead atoms. The van der Waals surface area contributed by atoms with E-state index in [1.807, 2.05) is 30.5 Å². The van der Waals surface area contributed by atoms with Crippen LogP contribution >= 0.6 is 0 Å². The van der Waals surface area contributed by atoms with E-state index in [0.717, 1.165) is 31.3 Å². The zero-order valence-corrected chi connectivity index (χ0v) is 16.3. The minimum atomic E-state index is -0.110. The largest absolute Gasteiger partial charge is 0.378 e. The van der Waals surface area contributed by atoms with Crippen molar-refractivity contribution >= 4 is 11.7 Å². The minimum Gasteiger partial charge on any atom is -0.378 e. The molecule has 1 amide bonds. The summed E-state index contributed by atoms with van der Waals surface area (Å²) in [5.74, 6) is 1.56. The van der Waals surface area contributed by atoms with Gasteiger partial charge in [-0.25, -0.2) is 9.97 Å². The van der Waals surface area contributed by atoms with Gasteiger partial charge in [0.15, 0.2) is 0 Å². The number of aromatic nitrogens is 3. The monoisotopic (exact) mass is 391 g/mol. The normalized spacial score (nSPS) is 14.0. The fraction of sp³-hybridized carbons (Fsp3) is 0.318. The third kappa shape index (κ3) is 4.81. The summed E-state index contributed by atoms with van der Waals surface area (Å²) in [6.07, 6.45) is 6.17. The number of nitrogens with one attached hydrogen (secondary N) is 1. The van der Waals surface area contributed by atoms with Crippen LogP contribution in [0.15, 0.2) is 61.1 Å². The molecule has 4 rings (SSSR count). The molecular weight excluding hydrogens is 366 g/mol. The highest BCUT2D eigenvalue weighted by Gasteiger charge is 2.19. The van der Waals surface area contributed by atoms with Crippen molar-refractivity contribution in [3.8, 4) is 0 Å². The van der Waals surface area contributed by atoms with Crippen molar-refractivity contribution in [3.05, 3.63) is 78.0 Å². The third-order valence-electron chi connectivity index (χ3n) is 4.97. The van der Waals surface area contributed by atoms with Crippen LogP contribution < -0.4 is 10.2 Å². The number of hydrogen-bond donors (Lipinski definition) is 1. The number of nitrogens with zero attached hydrogens (tertiary/aromatic N) is 4. The highest BCUT2D eigenvalue weighted by Crippen LogP contribution is 2.18. The Bertz CT molecular complexity index is 935. The number of ether oxygens (including phenoxy) is 1. The molecule has 1 aliphatic heterocycles. The van der Waals surface area contributed by atoms with E-state index in [-0.39, 0.29) is 5.91 Å². The number of carbonyl (C=O) groups excluding carboxylic acids is 1.